The Kier molecular flexibility index (Phi) is 4.38. The Labute approximate surface area is 140 Å². The highest BCUT2D eigenvalue weighted by Crippen LogP contribution is 2.24. The van der Waals surface area contributed by atoms with Gasteiger partial charge in [-0.25, -0.2) is 15.0 Å². The van der Waals surface area contributed by atoms with E-state index in [4.69, 9.17) is 4.74 Å². The van der Waals surface area contributed by atoms with E-state index in [1.54, 1.807) is 12.7 Å². The molecule has 1 unspecified atom stereocenters. The van der Waals surface area contributed by atoms with Gasteiger partial charge in [0.25, 0.3) is 0 Å². The lowest BCUT2D eigenvalue weighted by Crippen LogP contribution is -2.24. The fourth-order valence-electron chi connectivity index (χ4n) is 3.22. The van der Waals surface area contributed by atoms with Crippen molar-refractivity contribution in [3.05, 3.63) is 48.5 Å². The number of hydrogen-bond donors (Lipinski definition) is 1. The van der Waals surface area contributed by atoms with Gasteiger partial charge in [0.2, 0.25) is 0 Å². The second kappa shape index (κ2) is 6.97. The molecule has 6 nitrogen and oxygen atoms in total. The van der Waals surface area contributed by atoms with Crippen molar-refractivity contribution in [2.75, 3.05) is 24.6 Å². The molecule has 1 saturated heterocycles. The Morgan fingerprint density at radius 3 is 3.00 bits per heavy atom. The number of aromatic nitrogens is 4. The summed E-state index contributed by atoms with van der Waals surface area (Å²) in [4.78, 5) is 18.2. The standard InChI is InChI=1S/C18H21N5O/c1-2-5-14(6-3-1)7-4-10-24-15-8-9-23(11-15)18-16-17(20-12-19-16)21-13-22-18/h1-3,5-6,12-13,15H,4,7-11H2,(H,19,20,21,22). The first-order valence-electron chi connectivity index (χ1n) is 8.45. The molecule has 1 aliphatic rings. The largest absolute Gasteiger partial charge is 0.376 e. The number of nitrogens with zero attached hydrogens (tertiary/aromatic N) is 4. The minimum absolute atomic E-state index is 0.272. The second-order valence-electron chi connectivity index (χ2n) is 6.12. The molecule has 1 aromatic carbocycles. The van der Waals surface area contributed by atoms with E-state index in [0.717, 1.165) is 50.3 Å². The molecule has 2 aromatic heterocycles. The third-order valence-corrected chi connectivity index (χ3v) is 4.45. The Morgan fingerprint density at radius 2 is 2.08 bits per heavy atom. The lowest BCUT2D eigenvalue weighted by molar-refractivity contribution is 0.0667. The number of fused-ring (bicyclic) bond motifs is 1. The molecule has 24 heavy (non-hydrogen) atoms. The van der Waals surface area contributed by atoms with Crippen molar-refractivity contribution in [2.24, 2.45) is 0 Å². The summed E-state index contributed by atoms with van der Waals surface area (Å²) in [5.74, 6) is 0.924. The molecule has 1 atom stereocenters. The van der Waals surface area contributed by atoms with Gasteiger partial charge < -0.3 is 14.6 Å². The van der Waals surface area contributed by atoms with Crippen LogP contribution in [0.25, 0.3) is 11.2 Å². The Bertz CT molecular complexity index is 788. The summed E-state index contributed by atoms with van der Waals surface area (Å²) >= 11 is 0. The van der Waals surface area contributed by atoms with Crippen LogP contribution in [0.15, 0.2) is 43.0 Å². The van der Waals surface area contributed by atoms with Crippen molar-refractivity contribution in [1.29, 1.82) is 0 Å². The Morgan fingerprint density at radius 1 is 1.17 bits per heavy atom. The van der Waals surface area contributed by atoms with Crippen LogP contribution in [0, 0.1) is 0 Å². The molecule has 6 heteroatoms. The Balaban J connectivity index is 1.28. The summed E-state index contributed by atoms with van der Waals surface area (Å²) in [6.45, 7) is 2.63. The first kappa shape index (κ1) is 15.1. The molecule has 3 heterocycles. The summed E-state index contributed by atoms with van der Waals surface area (Å²) < 4.78 is 6.06. The van der Waals surface area contributed by atoms with Gasteiger partial charge in [-0.2, -0.15) is 0 Å². The van der Waals surface area contributed by atoms with Crippen LogP contribution >= 0.6 is 0 Å². The highest BCUT2D eigenvalue weighted by Gasteiger charge is 2.25. The summed E-state index contributed by atoms with van der Waals surface area (Å²) in [6, 6.07) is 10.6. The van der Waals surface area contributed by atoms with E-state index in [0.29, 0.717) is 5.65 Å². The molecule has 0 saturated carbocycles. The van der Waals surface area contributed by atoms with E-state index in [2.05, 4.69) is 55.2 Å². The highest BCUT2D eigenvalue weighted by atomic mass is 16.5. The minimum Gasteiger partial charge on any atom is -0.376 e. The monoisotopic (exact) mass is 323 g/mol. The van der Waals surface area contributed by atoms with Crippen molar-refractivity contribution in [2.45, 2.75) is 25.4 Å². The maximum Gasteiger partial charge on any atom is 0.182 e. The number of ether oxygens (including phenoxy) is 1. The van der Waals surface area contributed by atoms with Crippen LogP contribution in [0.1, 0.15) is 18.4 Å². The predicted molar refractivity (Wildman–Crippen MR) is 93.0 cm³/mol. The SMILES string of the molecule is c1ccc(CCCOC2CCN(c3ncnc4nc[nH]c34)C2)cc1. The van der Waals surface area contributed by atoms with E-state index in [1.165, 1.54) is 5.56 Å². The van der Waals surface area contributed by atoms with Crippen molar-refractivity contribution >= 4 is 17.0 Å². The van der Waals surface area contributed by atoms with Crippen LogP contribution < -0.4 is 4.90 Å². The van der Waals surface area contributed by atoms with Crippen molar-refractivity contribution < 1.29 is 4.74 Å². The average molecular weight is 323 g/mol. The van der Waals surface area contributed by atoms with Gasteiger partial charge in [-0.3, -0.25) is 0 Å². The zero-order valence-electron chi connectivity index (χ0n) is 13.6. The molecule has 0 amide bonds. The van der Waals surface area contributed by atoms with Crippen molar-refractivity contribution in [3.8, 4) is 0 Å². The van der Waals surface area contributed by atoms with E-state index >= 15 is 0 Å². The molecule has 0 radical (unpaired) electrons. The molecule has 0 bridgehead atoms. The molecule has 124 valence electrons. The number of benzene rings is 1. The van der Waals surface area contributed by atoms with Crippen LogP contribution in [0.4, 0.5) is 5.82 Å². The summed E-state index contributed by atoms with van der Waals surface area (Å²) in [7, 11) is 0. The third-order valence-electron chi connectivity index (χ3n) is 4.45. The average Bonchev–Trinajstić information content (AvgIpc) is 3.28. The van der Waals surface area contributed by atoms with Crippen LogP contribution in [-0.4, -0.2) is 45.7 Å². The van der Waals surface area contributed by atoms with Gasteiger partial charge in [0, 0.05) is 19.7 Å². The summed E-state index contributed by atoms with van der Waals surface area (Å²) in [5.41, 5.74) is 2.99. The van der Waals surface area contributed by atoms with E-state index in [9.17, 15) is 0 Å². The third kappa shape index (κ3) is 3.23. The van der Waals surface area contributed by atoms with Crippen LogP contribution in [0.2, 0.25) is 0 Å². The Hall–Kier alpha value is -2.47. The number of nitrogens with one attached hydrogen (secondary N) is 1. The predicted octanol–water partition coefficient (Wildman–Crippen LogP) is 2.58. The maximum absolute atomic E-state index is 6.06. The fourth-order valence-corrected chi connectivity index (χ4v) is 3.22. The van der Waals surface area contributed by atoms with E-state index in [-0.39, 0.29) is 6.10 Å². The van der Waals surface area contributed by atoms with Gasteiger partial charge in [0.15, 0.2) is 11.5 Å². The zero-order chi connectivity index (χ0) is 16.2. The highest BCUT2D eigenvalue weighted by molar-refractivity contribution is 5.82. The minimum atomic E-state index is 0.272. The number of imidazole rings is 1. The van der Waals surface area contributed by atoms with Crippen LogP contribution in [0.5, 0.6) is 0 Å². The molecular formula is C18H21N5O. The normalized spacial score (nSPS) is 17.7. The molecular weight excluding hydrogens is 302 g/mol. The molecule has 0 spiro atoms. The maximum atomic E-state index is 6.06. The van der Waals surface area contributed by atoms with Gasteiger partial charge in [-0.05, 0) is 24.8 Å². The summed E-state index contributed by atoms with van der Waals surface area (Å²) in [6.07, 6.45) is 6.67. The van der Waals surface area contributed by atoms with Gasteiger partial charge in [0.05, 0.1) is 12.4 Å². The smallest absolute Gasteiger partial charge is 0.182 e. The number of rotatable bonds is 6. The molecule has 1 fully saturated rings. The lowest BCUT2D eigenvalue weighted by Gasteiger charge is -2.17. The summed E-state index contributed by atoms with van der Waals surface area (Å²) in [5, 5.41) is 0. The number of aromatic amines is 1. The first-order valence-corrected chi connectivity index (χ1v) is 8.45. The molecule has 4 rings (SSSR count). The van der Waals surface area contributed by atoms with E-state index < -0.39 is 0 Å². The molecule has 1 aliphatic heterocycles. The fraction of sp³-hybridized carbons (Fsp3) is 0.389. The lowest BCUT2D eigenvalue weighted by atomic mass is 10.1. The van der Waals surface area contributed by atoms with Crippen molar-refractivity contribution in [3.63, 3.8) is 0 Å². The molecule has 1 N–H and O–H groups in total. The van der Waals surface area contributed by atoms with Gasteiger partial charge in [0.1, 0.15) is 11.8 Å². The van der Waals surface area contributed by atoms with Gasteiger partial charge >= 0.3 is 0 Å². The van der Waals surface area contributed by atoms with Gasteiger partial charge in [-0.1, -0.05) is 30.3 Å². The second-order valence-corrected chi connectivity index (χ2v) is 6.12. The molecule has 0 aliphatic carbocycles. The number of anilines is 1. The molecule has 3 aromatic rings. The number of H-pyrrole nitrogens is 1. The number of hydrogen-bond acceptors (Lipinski definition) is 5. The van der Waals surface area contributed by atoms with Crippen LogP contribution in [0.3, 0.4) is 0 Å². The quantitative estimate of drug-likeness (QED) is 0.706. The first-order chi connectivity index (χ1) is 11.9. The van der Waals surface area contributed by atoms with Crippen LogP contribution in [-0.2, 0) is 11.2 Å². The zero-order valence-corrected chi connectivity index (χ0v) is 13.6. The van der Waals surface area contributed by atoms with Crippen molar-refractivity contribution in [1.82, 2.24) is 19.9 Å². The van der Waals surface area contributed by atoms with E-state index in [1.807, 2.05) is 0 Å². The number of aryl methyl sites for hydroxylation is 1. The topological polar surface area (TPSA) is 66.9 Å². The van der Waals surface area contributed by atoms with Gasteiger partial charge in [-0.15, -0.1) is 0 Å².